The van der Waals surface area contributed by atoms with Gasteiger partial charge in [0.15, 0.2) is 0 Å². The van der Waals surface area contributed by atoms with E-state index in [-0.39, 0.29) is 6.04 Å². The summed E-state index contributed by atoms with van der Waals surface area (Å²) in [5.41, 5.74) is 2.15. The molecule has 2 rings (SSSR count). The van der Waals surface area contributed by atoms with E-state index in [4.69, 9.17) is 27.9 Å². The summed E-state index contributed by atoms with van der Waals surface area (Å²) in [5, 5.41) is 4.77. The minimum absolute atomic E-state index is 0.165. The van der Waals surface area contributed by atoms with Crippen molar-refractivity contribution in [3.63, 3.8) is 0 Å². The van der Waals surface area contributed by atoms with Crippen molar-refractivity contribution in [2.45, 2.75) is 19.5 Å². The molecule has 20 heavy (non-hydrogen) atoms. The topological polar surface area (TPSA) is 21.3 Å². The fraction of sp³-hybridized carbons (Fsp3) is 0.250. The van der Waals surface area contributed by atoms with E-state index in [1.165, 1.54) is 0 Å². The quantitative estimate of drug-likeness (QED) is 0.852. The van der Waals surface area contributed by atoms with Crippen LogP contribution >= 0.6 is 23.2 Å². The molecule has 2 nitrogen and oxygen atoms in total. The van der Waals surface area contributed by atoms with Crippen molar-refractivity contribution in [3.05, 3.63) is 63.6 Å². The Labute approximate surface area is 129 Å². The van der Waals surface area contributed by atoms with Crippen molar-refractivity contribution in [1.29, 1.82) is 0 Å². The van der Waals surface area contributed by atoms with Crippen LogP contribution in [0, 0.1) is 0 Å². The molecule has 1 N–H and O–H groups in total. The molecule has 0 aliphatic rings. The lowest BCUT2D eigenvalue weighted by Crippen LogP contribution is -2.18. The van der Waals surface area contributed by atoms with E-state index in [2.05, 4.69) is 18.3 Å². The van der Waals surface area contributed by atoms with Gasteiger partial charge in [0.2, 0.25) is 0 Å². The number of halogens is 2. The molecule has 0 bridgehead atoms. The predicted molar refractivity (Wildman–Crippen MR) is 84.7 cm³/mol. The highest BCUT2D eigenvalue weighted by Crippen LogP contribution is 2.26. The third kappa shape index (κ3) is 3.66. The molecule has 2 aromatic carbocycles. The smallest absolute Gasteiger partial charge is 0.123 e. The molecule has 0 radical (unpaired) electrons. The van der Waals surface area contributed by atoms with Crippen LogP contribution in [0.5, 0.6) is 5.75 Å². The van der Waals surface area contributed by atoms with E-state index >= 15 is 0 Å². The predicted octanol–water partition coefficient (Wildman–Crippen LogP) is 4.85. The zero-order valence-electron chi connectivity index (χ0n) is 11.5. The Balaban J connectivity index is 2.06. The molecular formula is C16H17Cl2NO. The van der Waals surface area contributed by atoms with Gasteiger partial charge in [-0.15, -0.1) is 0 Å². The summed E-state index contributed by atoms with van der Waals surface area (Å²) in [6, 6.07) is 13.7. The van der Waals surface area contributed by atoms with Crippen molar-refractivity contribution in [2.24, 2.45) is 0 Å². The Hall–Kier alpha value is -1.22. The van der Waals surface area contributed by atoms with Gasteiger partial charge >= 0.3 is 0 Å². The zero-order valence-corrected chi connectivity index (χ0v) is 13.0. The van der Waals surface area contributed by atoms with Gasteiger partial charge in [0.25, 0.3) is 0 Å². The maximum absolute atomic E-state index is 6.17. The molecule has 2 aromatic rings. The summed E-state index contributed by atoms with van der Waals surface area (Å²) >= 11 is 12.1. The average molecular weight is 310 g/mol. The number of methoxy groups -OCH3 is 1. The monoisotopic (exact) mass is 309 g/mol. The van der Waals surface area contributed by atoms with Gasteiger partial charge in [0.05, 0.1) is 7.11 Å². The van der Waals surface area contributed by atoms with Crippen molar-refractivity contribution in [2.75, 3.05) is 7.11 Å². The highest BCUT2D eigenvalue weighted by atomic mass is 35.5. The zero-order chi connectivity index (χ0) is 14.5. The number of hydrogen-bond donors (Lipinski definition) is 1. The summed E-state index contributed by atoms with van der Waals surface area (Å²) < 4.78 is 5.37. The summed E-state index contributed by atoms with van der Waals surface area (Å²) in [5.74, 6) is 0.884. The molecule has 106 valence electrons. The Bertz CT molecular complexity index is 586. The summed E-state index contributed by atoms with van der Waals surface area (Å²) in [6.45, 7) is 2.77. The first-order chi connectivity index (χ1) is 9.61. The fourth-order valence-electron chi connectivity index (χ4n) is 2.06. The number of rotatable bonds is 5. The molecule has 0 fully saturated rings. The van der Waals surface area contributed by atoms with Gasteiger partial charge in [-0.3, -0.25) is 0 Å². The minimum Gasteiger partial charge on any atom is -0.496 e. The minimum atomic E-state index is 0.165. The van der Waals surface area contributed by atoms with Crippen LogP contribution in [0.2, 0.25) is 10.0 Å². The van der Waals surface area contributed by atoms with Crippen LogP contribution in [-0.4, -0.2) is 7.11 Å². The second kappa shape index (κ2) is 6.98. The summed E-state index contributed by atoms with van der Waals surface area (Å²) in [7, 11) is 1.68. The van der Waals surface area contributed by atoms with E-state index in [1.54, 1.807) is 13.2 Å². The third-order valence-electron chi connectivity index (χ3n) is 3.22. The third-order valence-corrected chi connectivity index (χ3v) is 3.81. The van der Waals surface area contributed by atoms with E-state index < -0.39 is 0 Å². The van der Waals surface area contributed by atoms with Gasteiger partial charge in [-0.2, -0.15) is 0 Å². The first kappa shape index (κ1) is 15.2. The fourth-order valence-corrected chi connectivity index (χ4v) is 2.54. The molecule has 0 saturated heterocycles. The van der Waals surface area contributed by atoms with Gasteiger partial charge in [-0.05, 0) is 30.7 Å². The van der Waals surface area contributed by atoms with Crippen LogP contribution in [0.3, 0.4) is 0 Å². The molecule has 0 saturated carbocycles. The summed E-state index contributed by atoms with van der Waals surface area (Å²) in [4.78, 5) is 0. The Morgan fingerprint density at radius 3 is 2.60 bits per heavy atom. The molecule has 0 spiro atoms. The van der Waals surface area contributed by atoms with Gasteiger partial charge in [0.1, 0.15) is 5.75 Å². The number of hydrogen-bond acceptors (Lipinski definition) is 2. The second-order valence-corrected chi connectivity index (χ2v) is 5.42. The highest BCUT2D eigenvalue weighted by Gasteiger charge is 2.11. The van der Waals surface area contributed by atoms with Crippen LogP contribution in [0.25, 0.3) is 0 Å². The van der Waals surface area contributed by atoms with Gasteiger partial charge in [-0.1, -0.05) is 47.5 Å². The van der Waals surface area contributed by atoms with Crippen LogP contribution in [0.1, 0.15) is 24.1 Å². The van der Waals surface area contributed by atoms with Crippen molar-refractivity contribution >= 4 is 23.2 Å². The normalized spacial score (nSPS) is 12.2. The molecule has 4 heteroatoms. The first-order valence-electron chi connectivity index (χ1n) is 6.42. The molecule has 0 heterocycles. The molecule has 0 amide bonds. The second-order valence-electron chi connectivity index (χ2n) is 4.58. The maximum atomic E-state index is 6.17. The lowest BCUT2D eigenvalue weighted by atomic mass is 10.1. The lowest BCUT2D eigenvalue weighted by molar-refractivity contribution is 0.401. The van der Waals surface area contributed by atoms with E-state index in [1.807, 2.05) is 30.3 Å². The standard InChI is InChI=1S/C16H17Cl2NO/c1-11(14-5-3-4-6-16(14)20-2)19-10-12-7-8-13(17)9-15(12)18/h3-9,11,19H,10H2,1-2H3. The van der Waals surface area contributed by atoms with Crippen molar-refractivity contribution < 1.29 is 4.74 Å². The number of benzene rings is 2. The molecule has 0 aliphatic carbocycles. The molecule has 0 aliphatic heterocycles. The Morgan fingerprint density at radius 1 is 1.15 bits per heavy atom. The van der Waals surface area contributed by atoms with Gasteiger partial charge in [-0.25, -0.2) is 0 Å². The maximum Gasteiger partial charge on any atom is 0.123 e. The number of para-hydroxylation sites is 1. The van der Waals surface area contributed by atoms with Crippen molar-refractivity contribution in [3.8, 4) is 5.75 Å². The van der Waals surface area contributed by atoms with Crippen LogP contribution in [-0.2, 0) is 6.54 Å². The Kier molecular flexibility index (Phi) is 5.30. The average Bonchev–Trinajstić information content (AvgIpc) is 2.46. The lowest BCUT2D eigenvalue weighted by Gasteiger charge is -2.17. The summed E-state index contributed by atoms with van der Waals surface area (Å²) in [6.07, 6.45) is 0. The van der Waals surface area contributed by atoms with Crippen LogP contribution in [0.4, 0.5) is 0 Å². The Morgan fingerprint density at radius 2 is 1.90 bits per heavy atom. The SMILES string of the molecule is COc1ccccc1C(C)NCc1ccc(Cl)cc1Cl. The van der Waals surface area contributed by atoms with Crippen LogP contribution in [0.15, 0.2) is 42.5 Å². The van der Waals surface area contributed by atoms with Gasteiger partial charge < -0.3 is 10.1 Å². The molecule has 1 unspecified atom stereocenters. The van der Waals surface area contributed by atoms with Crippen LogP contribution < -0.4 is 10.1 Å². The van der Waals surface area contributed by atoms with Crippen molar-refractivity contribution in [1.82, 2.24) is 5.32 Å². The first-order valence-corrected chi connectivity index (χ1v) is 7.17. The van der Waals surface area contributed by atoms with E-state index in [9.17, 15) is 0 Å². The molecular weight excluding hydrogens is 293 g/mol. The van der Waals surface area contributed by atoms with E-state index in [0.717, 1.165) is 16.9 Å². The van der Waals surface area contributed by atoms with Gasteiger partial charge in [0, 0.05) is 28.2 Å². The highest BCUT2D eigenvalue weighted by molar-refractivity contribution is 6.35. The molecule has 0 aromatic heterocycles. The number of nitrogens with one attached hydrogen (secondary N) is 1. The van der Waals surface area contributed by atoms with E-state index in [0.29, 0.717) is 16.6 Å². The number of ether oxygens (including phenoxy) is 1. The largest absolute Gasteiger partial charge is 0.496 e. The molecule has 1 atom stereocenters.